The third-order valence-corrected chi connectivity index (χ3v) is 7.62. The Morgan fingerprint density at radius 3 is 2.57 bits per heavy atom. The number of fused-ring (bicyclic) bond motifs is 1. The number of carbonyl (C=O) groups excluding carboxylic acids is 1. The summed E-state index contributed by atoms with van der Waals surface area (Å²) in [5.74, 6) is -0.328. The van der Waals surface area contributed by atoms with E-state index in [1.54, 1.807) is 6.07 Å². The number of pyridine rings is 1. The Kier molecular flexibility index (Phi) is 5.86. The van der Waals surface area contributed by atoms with E-state index in [1.165, 1.54) is 11.3 Å². The van der Waals surface area contributed by atoms with E-state index in [0.717, 1.165) is 28.0 Å². The quantitative estimate of drug-likeness (QED) is 0.255. The Balaban J connectivity index is 1.56. The molecule has 35 heavy (non-hydrogen) atoms. The molecule has 0 spiro atoms. The van der Waals surface area contributed by atoms with Gasteiger partial charge in [-0.2, -0.15) is 5.26 Å². The second kappa shape index (κ2) is 9.00. The molecule has 0 fully saturated rings. The minimum atomic E-state index is -0.419. The van der Waals surface area contributed by atoms with Gasteiger partial charge in [0.25, 0.3) is 5.91 Å². The number of nitrogens with two attached hydrogens (primary N) is 2. The van der Waals surface area contributed by atoms with Crippen LogP contribution < -0.4 is 16.8 Å². The van der Waals surface area contributed by atoms with Crippen molar-refractivity contribution >= 4 is 67.0 Å². The lowest BCUT2D eigenvalue weighted by atomic mass is 9.96. The summed E-state index contributed by atoms with van der Waals surface area (Å²) in [6.45, 7) is 1.97. The van der Waals surface area contributed by atoms with Crippen LogP contribution in [0.4, 0.5) is 16.6 Å². The number of anilines is 3. The molecule has 172 valence electrons. The fourth-order valence-corrected chi connectivity index (χ4v) is 5.68. The summed E-state index contributed by atoms with van der Waals surface area (Å²) in [5.41, 5.74) is 16.9. The van der Waals surface area contributed by atoms with Gasteiger partial charge in [-0.25, -0.2) is 9.97 Å². The van der Waals surface area contributed by atoms with Crippen molar-refractivity contribution in [2.24, 2.45) is 0 Å². The van der Waals surface area contributed by atoms with Crippen molar-refractivity contribution in [1.29, 1.82) is 5.26 Å². The molecular formula is C25H17ClN6OS2. The normalized spacial score (nSPS) is 10.9. The molecule has 3 heterocycles. The lowest BCUT2D eigenvalue weighted by Crippen LogP contribution is -2.11. The monoisotopic (exact) mass is 516 g/mol. The van der Waals surface area contributed by atoms with E-state index in [4.69, 9.17) is 23.1 Å². The highest BCUT2D eigenvalue weighted by Crippen LogP contribution is 2.43. The number of hydrogen-bond donors (Lipinski definition) is 3. The second-order valence-corrected chi connectivity index (χ2v) is 9.99. The van der Waals surface area contributed by atoms with E-state index in [-0.39, 0.29) is 21.9 Å². The number of hydrogen-bond acceptors (Lipinski definition) is 8. The summed E-state index contributed by atoms with van der Waals surface area (Å²) in [5, 5.41) is 15.9. The average molecular weight is 517 g/mol. The number of nitrogen functional groups attached to an aromatic ring is 2. The van der Waals surface area contributed by atoms with Crippen LogP contribution in [0.2, 0.25) is 5.02 Å². The molecule has 1 amide bonds. The number of amides is 1. The molecule has 5 rings (SSSR count). The van der Waals surface area contributed by atoms with Crippen LogP contribution in [0.5, 0.6) is 0 Å². The zero-order chi connectivity index (χ0) is 24.7. The molecular weight excluding hydrogens is 500 g/mol. The largest absolute Gasteiger partial charge is 0.397 e. The van der Waals surface area contributed by atoms with Crippen molar-refractivity contribution in [3.05, 3.63) is 74.9 Å². The summed E-state index contributed by atoms with van der Waals surface area (Å²) >= 11 is 8.67. The number of halogens is 1. The first-order chi connectivity index (χ1) is 16.9. The average Bonchev–Trinajstić information content (AvgIpc) is 3.43. The molecule has 0 saturated carbocycles. The number of nitrogens with zero attached hydrogens (tertiary/aromatic N) is 3. The maximum atomic E-state index is 13.2. The predicted octanol–water partition coefficient (Wildman–Crippen LogP) is 6.34. The van der Waals surface area contributed by atoms with Crippen molar-refractivity contribution in [2.45, 2.75) is 6.92 Å². The van der Waals surface area contributed by atoms with Gasteiger partial charge in [-0.15, -0.1) is 22.7 Å². The fraction of sp³-hybridized carbons (Fsp3) is 0.0400. The first-order valence-electron chi connectivity index (χ1n) is 10.4. The Morgan fingerprint density at radius 2 is 1.86 bits per heavy atom. The van der Waals surface area contributed by atoms with Gasteiger partial charge in [0.2, 0.25) is 0 Å². The van der Waals surface area contributed by atoms with E-state index in [0.29, 0.717) is 31.6 Å². The highest BCUT2D eigenvalue weighted by atomic mass is 35.5. The summed E-state index contributed by atoms with van der Waals surface area (Å²) in [7, 11) is 0. The van der Waals surface area contributed by atoms with Gasteiger partial charge in [0.1, 0.15) is 27.2 Å². The van der Waals surface area contributed by atoms with Crippen LogP contribution in [0.3, 0.4) is 0 Å². The zero-order valence-electron chi connectivity index (χ0n) is 18.3. The van der Waals surface area contributed by atoms with Crippen molar-refractivity contribution in [1.82, 2.24) is 9.97 Å². The molecule has 5 N–H and O–H groups in total. The zero-order valence-corrected chi connectivity index (χ0v) is 20.7. The number of nitrogens with one attached hydrogen (secondary N) is 1. The van der Waals surface area contributed by atoms with E-state index in [9.17, 15) is 10.1 Å². The number of rotatable bonds is 4. The SMILES string of the molecule is Cc1ccc(-c2c(C#N)c(N)nc3sc(C(=O)Nc4nc(-c5ccccc5Cl)cs4)c(N)c23)cc1. The molecule has 0 bridgehead atoms. The topological polar surface area (TPSA) is 131 Å². The number of nitriles is 1. The smallest absolute Gasteiger partial charge is 0.269 e. The standard InChI is InChI=1S/C25H17ClN6OS2/c1-12-6-8-13(9-7-12)18-15(10-27)22(29)31-24-19(18)20(28)21(35-24)23(33)32-25-30-17(11-34-25)14-4-2-3-5-16(14)26/h2-9,11H,28H2,1H3,(H2,29,31)(H,30,32,33). The molecule has 0 unspecified atom stereocenters. The van der Waals surface area contributed by atoms with Crippen LogP contribution in [0, 0.1) is 18.3 Å². The third-order valence-electron chi connectivity index (χ3n) is 5.44. The van der Waals surface area contributed by atoms with Crippen molar-refractivity contribution in [3.63, 3.8) is 0 Å². The lowest BCUT2D eigenvalue weighted by molar-refractivity contribution is 0.103. The van der Waals surface area contributed by atoms with Gasteiger partial charge in [0.05, 0.1) is 11.4 Å². The Morgan fingerprint density at radius 1 is 1.11 bits per heavy atom. The van der Waals surface area contributed by atoms with Gasteiger partial charge in [0, 0.05) is 26.9 Å². The van der Waals surface area contributed by atoms with Crippen molar-refractivity contribution < 1.29 is 4.79 Å². The van der Waals surface area contributed by atoms with Gasteiger partial charge < -0.3 is 11.5 Å². The highest BCUT2D eigenvalue weighted by Gasteiger charge is 2.25. The molecule has 10 heteroatoms. The Bertz CT molecular complexity index is 1650. The van der Waals surface area contributed by atoms with Crippen LogP contribution >= 0.6 is 34.3 Å². The number of benzene rings is 2. The lowest BCUT2D eigenvalue weighted by Gasteiger charge is -2.10. The number of aromatic nitrogens is 2. The molecule has 5 aromatic rings. The van der Waals surface area contributed by atoms with E-state index >= 15 is 0 Å². The van der Waals surface area contributed by atoms with Crippen LogP contribution in [0.25, 0.3) is 32.6 Å². The van der Waals surface area contributed by atoms with Gasteiger partial charge in [-0.1, -0.05) is 59.6 Å². The maximum absolute atomic E-state index is 13.2. The highest BCUT2D eigenvalue weighted by molar-refractivity contribution is 7.21. The Labute approximate surface area is 213 Å². The second-order valence-electron chi connectivity index (χ2n) is 7.72. The fourth-order valence-electron chi connectivity index (χ4n) is 3.74. The molecule has 0 aliphatic carbocycles. The van der Waals surface area contributed by atoms with Crippen LogP contribution in [-0.2, 0) is 0 Å². The molecule has 0 aliphatic heterocycles. The minimum absolute atomic E-state index is 0.0908. The van der Waals surface area contributed by atoms with Crippen LogP contribution in [-0.4, -0.2) is 15.9 Å². The van der Waals surface area contributed by atoms with Crippen LogP contribution in [0.1, 0.15) is 20.8 Å². The molecule has 0 radical (unpaired) electrons. The molecule has 7 nitrogen and oxygen atoms in total. The molecule has 0 aliphatic rings. The maximum Gasteiger partial charge on any atom is 0.269 e. The van der Waals surface area contributed by atoms with Gasteiger partial charge in [0.15, 0.2) is 5.13 Å². The summed E-state index contributed by atoms with van der Waals surface area (Å²) in [6.07, 6.45) is 0. The number of carbonyl (C=O) groups is 1. The number of aryl methyl sites for hydroxylation is 1. The summed E-state index contributed by atoms with van der Waals surface area (Å²) in [6, 6.07) is 17.2. The molecule has 0 saturated heterocycles. The molecule has 0 atom stereocenters. The molecule has 2 aromatic carbocycles. The Hall–Kier alpha value is -3.97. The van der Waals surface area contributed by atoms with Crippen LogP contribution in [0.15, 0.2) is 53.9 Å². The minimum Gasteiger partial charge on any atom is -0.397 e. The van der Waals surface area contributed by atoms with E-state index in [2.05, 4.69) is 21.4 Å². The first-order valence-corrected chi connectivity index (χ1v) is 12.4. The summed E-state index contributed by atoms with van der Waals surface area (Å²) < 4.78 is 0. The number of thiazole rings is 1. The van der Waals surface area contributed by atoms with E-state index in [1.807, 2.05) is 54.8 Å². The van der Waals surface area contributed by atoms with Gasteiger partial charge in [-0.05, 0) is 18.6 Å². The van der Waals surface area contributed by atoms with Gasteiger partial charge in [-0.3, -0.25) is 10.1 Å². The first kappa shape index (κ1) is 22.8. The summed E-state index contributed by atoms with van der Waals surface area (Å²) in [4.78, 5) is 22.8. The van der Waals surface area contributed by atoms with Gasteiger partial charge >= 0.3 is 0 Å². The van der Waals surface area contributed by atoms with Crippen molar-refractivity contribution in [2.75, 3.05) is 16.8 Å². The third kappa shape index (κ3) is 4.08. The van der Waals surface area contributed by atoms with Crippen molar-refractivity contribution in [3.8, 4) is 28.5 Å². The molecule has 3 aromatic heterocycles. The number of thiophene rings is 1. The van der Waals surface area contributed by atoms with E-state index < -0.39 is 5.91 Å². The predicted molar refractivity (Wildman–Crippen MR) is 144 cm³/mol.